The molecule has 0 bridgehead atoms. The van der Waals surface area contributed by atoms with Gasteiger partial charge >= 0.3 is 12.1 Å². The lowest BCUT2D eigenvalue weighted by Crippen LogP contribution is -2.28. The summed E-state index contributed by atoms with van der Waals surface area (Å²) in [6, 6.07) is 1.66. The number of esters is 1. The number of fused-ring (bicyclic) bond motifs is 1. The van der Waals surface area contributed by atoms with Crippen molar-refractivity contribution in [2.24, 2.45) is 0 Å². The van der Waals surface area contributed by atoms with Gasteiger partial charge in [-0.05, 0) is 33.8 Å². The fourth-order valence-corrected chi connectivity index (χ4v) is 1.77. The number of amides is 1. The van der Waals surface area contributed by atoms with E-state index >= 15 is 0 Å². The van der Waals surface area contributed by atoms with Crippen molar-refractivity contribution in [3.8, 4) is 0 Å². The highest BCUT2D eigenvalue weighted by molar-refractivity contribution is 6.03. The zero-order valence-corrected chi connectivity index (χ0v) is 12.9. The van der Waals surface area contributed by atoms with Crippen molar-refractivity contribution in [3.63, 3.8) is 0 Å². The first kappa shape index (κ1) is 15.7. The molecule has 2 aromatic rings. The lowest BCUT2D eigenvalue weighted by molar-refractivity contribution is 0.0529. The minimum Gasteiger partial charge on any atom is -0.462 e. The molecular weight excluding hydrogens is 288 g/mol. The van der Waals surface area contributed by atoms with Gasteiger partial charge < -0.3 is 9.47 Å². The molecular formula is C14H18N4O4. The van der Waals surface area contributed by atoms with Crippen LogP contribution >= 0.6 is 0 Å². The van der Waals surface area contributed by atoms with Crippen LogP contribution < -0.4 is 5.32 Å². The summed E-state index contributed by atoms with van der Waals surface area (Å²) < 4.78 is 11.5. The Morgan fingerprint density at radius 1 is 1.36 bits per heavy atom. The highest BCUT2D eigenvalue weighted by Crippen LogP contribution is 2.20. The van der Waals surface area contributed by atoms with Gasteiger partial charge in [-0.3, -0.25) is 5.32 Å². The van der Waals surface area contributed by atoms with Crippen LogP contribution in [-0.4, -0.2) is 38.9 Å². The third-order valence-corrected chi connectivity index (χ3v) is 2.49. The molecule has 22 heavy (non-hydrogen) atoms. The number of carbonyl (C=O) groups is 2. The van der Waals surface area contributed by atoms with Crippen LogP contribution in [0.1, 0.15) is 38.1 Å². The van der Waals surface area contributed by atoms with Gasteiger partial charge in [0.25, 0.3) is 0 Å². The zero-order chi connectivity index (χ0) is 16.3. The van der Waals surface area contributed by atoms with Gasteiger partial charge in [-0.2, -0.15) is 0 Å². The highest BCUT2D eigenvalue weighted by atomic mass is 16.6. The summed E-state index contributed by atoms with van der Waals surface area (Å²) in [4.78, 5) is 28.1. The molecule has 0 atom stereocenters. The van der Waals surface area contributed by atoms with E-state index in [2.05, 4.69) is 15.4 Å². The predicted octanol–water partition coefficient (Wildman–Crippen LogP) is 2.25. The molecule has 118 valence electrons. The van der Waals surface area contributed by atoms with Crippen molar-refractivity contribution in [2.75, 3.05) is 11.9 Å². The maximum atomic E-state index is 12.1. The summed E-state index contributed by atoms with van der Waals surface area (Å²) in [5.74, 6) is -0.561. The Balaban J connectivity index is 2.38. The van der Waals surface area contributed by atoms with Crippen LogP contribution in [0.25, 0.3) is 5.65 Å². The van der Waals surface area contributed by atoms with E-state index in [1.54, 1.807) is 40.0 Å². The van der Waals surface area contributed by atoms with Gasteiger partial charge in [0.15, 0.2) is 11.5 Å². The average Bonchev–Trinajstić information content (AvgIpc) is 2.74. The predicted molar refractivity (Wildman–Crippen MR) is 78.8 cm³/mol. The number of nitrogens with one attached hydrogen (secondary N) is 1. The van der Waals surface area contributed by atoms with E-state index in [4.69, 9.17) is 9.47 Å². The quantitative estimate of drug-likeness (QED) is 0.874. The van der Waals surface area contributed by atoms with Crippen LogP contribution in [0.3, 0.4) is 0 Å². The summed E-state index contributed by atoms with van der Waals surface area (Å²) in [6.07, 6.45) is 2.43. The Hall–Kier alpha value is -2.64. The Kier molecular flexibility index (Phi) is 4.30. The van der Waals surface area contributed by atoms with Crippen LogP contribution in [0.15, 0.2) is 18.5 Å². The molecule has 0 aliphatic carbocycles. The van der Waals surface area contributed by atoms with Gasteiger partial charge in [-0.1, -0.05) is 0 Å². The molecule has 0 unspecified atom stereocenters. The second kappa shape index (κ2) is 6.00. The SMILES string of the molecule is CCOC(=O)c1c(NC(=O)OC(C)(C)C)nn2cccnc12. The van der Waals surface area contributed by atoms with E-state index in [9.17, 15) is 9.59 Å². The van der Waals surface area contributed by atoms with Gasteiger partial charge in [0.2, 0.25) is 0 Å². The summed E-state index contributed by atoms with van der Waals surface area (Å²) >= 11 is 0. The molecule has 8 nitrogen and oxygen atoms in total. The second-order valence-corrected chi connectivity index (χ2v) is 5.46. The topological polar surface area (TPSA) is 94.8 Å². The van der Waals surface area contributed by atoms with Crippen molar-refractivity contribution >= 4 is 23.5 Å². The van der Waals surface area contributed by atoms with Gasteiger partial charge in [-0.15, -0.1) is 5.10 Å². The summed E-state index contributed by atoms with van der Waals surface area (Å²) in [5, 5.41) is 6.59. The Morgan fingerprint density at radius 2 is 2.09 bits per heavy atom. The molecule has 2 rings (SSSR count). The number of nitrogens with zero attached hydrogens (tertiary/aromatic N) is 3. The molecule has 0 spiro atoms. The van der Waals surface area contributed by atoms with Crippen LogP contribution in [0.2, 0.25) is 0 Å². The second-order valence-electron chi connectivity index (χ2n) is 5.46. The van der Waals surface area contributed by atoms with E-state index in [1.807, 2.05) is 0 Å². The molecule has 0 saturated carbocycles. The third kappa shape index (κ3) is 3.51. The lowest BCUT2D eigenvalue weighted by atomic mass is 10.2. The first-order chi connectivity index (χ1) is 10.3. The fraction of sp³-hybridized carbons (Fsp3) is 0.429. The maximum Gasteiger partial charge on any atom is 0.413 e. The molecule has 0 aliphatic rings. The molecule has 0 saturated heterocycles. The van der Waals surface area contributed by atoms with Gasteiger partial charge in [0.1, 0.15) is 11.2 Å². The Morgan fingerprint density at radius 3 is 2.73 bits per heavy atom. The number of hydrogen-bond donors (Lipinski definition) is 1. The molecule has 2 aromatic heterocycles. The smallest absolute Gasteiger partial charge is 0.413 e. The van der Waals surface area contributed by atoms with E-state index in [0.29, 0.717) is 5.65 Å². The lowest BCUT2D eigenvalue weighted by Gasteiger charge is -2.19. The standard InChI is InChI=1S/C14H18N4O4/c1-5-21-12(19)9-10(16-13(20)22-14(2,3)4)17-18-8-6-7-15-11(9)18/h6-8H,5H2,1-4H3,(H,16,17,20). The fourth-order valence-electron chi connectivity index (χ4n) is 1.77. The Bertz CT molecular complexity index is 702. The van der Waals surface area contributed by atoms with Gasteiger partial charge in [0.05, 0.1) is 6.61 Å². The largest absolute Gasteiger partial charge is 0.462 e. The number of carbonyl (C=O) groups excluding carboxylic acids is 2. The molecule has 1 N–H and O–H groups in total. The highest BCUT2D eigenvalue weighted by Gasteiger charge is 2.25. The van der Waals surface area contributed by atoms with E-state index in [-0.39, 0.29) is 18.0 Å². The minimum atomic E-state index is -0.707. The van der Waals surface area contributed by atoms with Crippen molar-refractivity contribution in [1.29, 1.82) is 0 Å². The van der Waals surface area contributed by atoms with Crippen molar-refractivity contribution in [3.05, 3.63) is 24.0 Å². The van der Waals surface area contributed by atoms with Crippen LogP contribution in [0.4, 0.5) is 10.6 Å². The number of ether oxygens (including phenoxy) is 2. The molecule has 1 amide bonds. The van der Waals surface area contributed by atoms with Gasteiger partial charge in [0, 0.05) is 12.4 Å². The molecule has 0 fully saturated rings. The number of rotatable bonds is 3. The Labute approximate surface area is 127 Å². The van der Waals surface area contributed by atoms with Crippen molar-refractivity contribution in [2.45, 2.75) is 33.3 Å². The molecule has 0 radical (unpaired) electrons. The number of aromatic nitrogens is 3. The van der Waals surface area contributed by atoms with Crippen LogP contribution in [0, 0.1) is 0 Å². The van der Waals surface area contributed by atoms with Crippen molar-refractivity contribution in [1.82, 2.24) is 14.6 Å². The molecule has 0 aliphatic heterocycles. The van der Waals surface area contributed by atoms with E-state index in [0.717, 1.165) is 0 Å². The zero-order valence-electron chi connectivity index (χ0n) is 12.9. The van der Waals surface area contributed by atoms with Crippen LogP contribution in [0.5, 0.6) is 0 Å². The van der Waals surface area contributed by atoms with Gasteiger partial charge in [-0.25, -0.2) is 19.1 Å². The summed E-state index contributed by atoms with van der Waals surface area (Å²) in [5.41, 5.74) is -0.272. The maximum absolute atomic E-state index is 12.1. The van der Waals surface area contributed by atoms with E-state index < -0.39 is 17.7 Å². The summed E-state index contributed by atoms with van der Waals surface area (Å²) in [7, 11) is 0. The first-order valence-electron chi connectivity index (χ1n) is 6.82. The third-order valence-electron chi connectivity index (χ3n) is 2.49. The van der Waals surface area contributed by atoms with Crippen molar-refractivity contribution < 1.29 is 19.1 Å². The minimum absolute atomic E-state index is 0.0476. The number of anilines is 1. The molecule has 8 heteroatoms. The molecule has 2 heterocycles. The summed E-state index contributed by atoms with van der Waals surface area (Å²) in [6.45, 7) is 7.12. The normalized spacial score (nSPS) is 11.3. The monoisotopic (exact) mass is 306 g/mol. The van der Waals surface area contributed by atoms with E-state index in [1.165, 1.54) is 10.7 Å². The van der Waals surface area contributed by atoms with Crippen LogP contribution in [-0.2, 0) is 9.47 Å². The average molecular weight is 306 g/mol. The first-order valence-corrected chi connectivity index (χ1v) is 6.82. The molecule has 0 aromatic carbocycles. The number of hydrogen-bond acceptors (Lipinski definition) is 6.